The maximum Gasteiger partial charge on any atom is 0.326 e. The van der Waals surface area contributed by atoms with Crippen molar-refractivity contribution in [1.29, 1.82) is 0 Å². The molecule has 1 amide bonds. The lowest BCUT2D eigenvalue weighted by Gasteiger charge is -2.13. The Morgan fingerprint density at radius 1 is 1.13 bits per heavy atom. The Kier molecular flexibility index (Phi) is 5.88. The maximum absolute atomic E-state index is 12.6. The fraction of sp³-hybridized carbons (Fsp3) is 0.261. The third kappa shape index (κ3) is 4.11. The molecule has 2 aromatic carbocycles. The van der Waals surface area contributed by atoms with E-state index in [0.717, 1.165) is 29.3 Å². The van der Waals surface area contributed by atoms with E-state index in [1.165, 1.54) is 29.4 Å². The van der Waals surface area contributed by atoms with E-state index in [1.807, 2.05) is 36.4 Å². The summed E-state index contributed by atoms with van der Waals surface area (Å²) in [5, 5.41) is 3.68. The second-order valence-electron chi connectivity index (χ2n) is 7.26. The summed E-state index contributed by atoms with van der Waals surface area (Å²) < 4.78 is 6.12. The zero-order valence-corrected chi connectivity index (χ0v) is 17.9. The van der Waals surface area contributed by atoms with Gasteiger partial charge >= 0.3 is 5.97 Å². The monoisotopic (exact) mass is 441 g/mol. The lowest BCUT2D eigenvalue weighted by molar-refractivity contribution is -0.145. The molecule has 4 rings (SSSR count). The zero-order valence-electron chi connectivity index (χ0n) is 16.4. The standard InChI is InChI=1S/C23H20ClNO4S/c1-13(21(27)16-10-9-14-5-4-6-15(14)11-16)29-19(26)12-25-23(28)22-20(24)17-7-2-3-8-18(17)30-22/h2-3,7-11,13H,4-6,12H2,1H3,(H,25,28). The first-order valence-corrected chi connectivity index (χ1v) is 10.9. The van der Waals surface area contributed by atoms with Gasteiger partial charge in [-0.3, -0.25) is 14.4 Å². The molecule has 0 radical (unpaired) electrons. The Hall–Kier alpha value is -2.70. The van der Waals surface area contributed by atoms with Crippen molar-refractivity contribution >= 4 is 50.7 Å². The van der Waals surface area contributed by atoms with Crippen LogP contribution in [0.1, 0.15) is 44.5 Å². The maximum atomic E-state index is 12.6. The summed E-state index contributed by atoms with van der Waals surface area (Å²) in [7, 11) is 0. The summed E-state index contributed by atoms with van der Waals surface area (Å²) in [6.07, 6.45) is 2.18. The van der Waals surface area contributed by atoms with Gasteiger partial charge in [0.15, 0.2) is 6.10 Å². The predicted molar refractivity (Wildman–Crippen MR) is 118 cm³/mol. The lowest BCUT2D eigenvalue weighted by atomic mass is 10.0. The van der Waals surface area contributed by atoms with Crippen LogP contribution in [-0.4, -0.2) is 30.3 Å². The third-order valence-corrected chi connectivity index (χ3v) is 6.87. The molecule has 1 aromatic heterocycles. The smallest absolute Gasteiger partial charge is 0.326 e. The van der Waals surface area contributed by atoms with Gasteiger partial charge in [-0.2, -0.15) is 0 Å². The number of amides is 1. The van der Waals surface area contributed by atoms with Crippen LogP contribution in [0, 0.1) is 0 Å². The van der Waals surface area contributed by atoms with Crippen LogP contribution in [0.3, 0.4) is 0 Å². The SMILES string of the molecule is CC(OC(=O)CNC(=O)c1sc2ccccc2c1Cl)C(=O)c1ccc2c(c1)CCC2. The molecule has 0 fully saturated rings. The minimum absolute atomic E-state index is 0.253. The van der Waals surface area contributed by atoms with Crippen molar-refractivity contribution in [2.24, 2.45) is 0 Å². The van der Waals surface area contributed by atoms with E-state index in [0.29, 0.717) is 15.5 Å². The number of esters is 1. The van der Waals surface area contributed by atoms with E-state index in [2.05, 4.69) is 5.32 Å². The number of hydrogen-bond acceptors (Lipinski definition) is 5. The summed E-state index contributed by atoms with van der Waals surface area (Å²) in [5.74, 6) is -1.38. The minimum atomic E-state index is -0.929. The van der Waals surface area contributed by atoms with Crippen LogP contribution < -0.4 is 5.32 Å². The van der Waals surface area contributed by atoms with E-state index in [1.54, 1.807) is 6.07 Å². The van der Waals surface area contributed by atoms with E-state index < -0.39 is 18.0 Å². The Bertz CT molecular complexity index is 1150. The van der Waals surface area contributed by atoms with Crippen molar-refractivity contribution in [2.75, 3.05) is 6.54 Å². The molecule has 1 unspecified atom stereocenters. The highest BCUT2D eigenvalue weighted by atomic mass is 35.5. The number of nitrogens with one attached hydrogen (secondary N) is 1. The first-order valence-electron chi connectivity index (χ1n) is 9.75. The van der Waals surface area contributed by atoms with Gasteiger partial charge in [0, 0.05) is 15.6 Å². The molecule has 0 bridgehead atoms. The molecule has 0 saturated heterocycles. The van der Waals surface area contributed by atoms with Crippen LogP contribution in [0.15, 0.2) is 42.5 Å². The molecule has 0 saturated carbocycles. The van der Waals surface area contributed by atoms with Crippen LogP contribution in [0.4, 0.5) is 0 Å². The zero-order chi connectivity index (χ0) is 21.3. The second kappa shape index (κ2) is 8.58. The molecular weight excluding hydrogens is 422 g/mol. The second-order valence-corrected chi connectivity index (χ2v) is 8.69. The van der Waals surface area contributed by atoms with E-state index in [4.69, 9.17) is 16.3 Å². The molecule has 1 heterocycles. The minimum Gasteiger partial charge on any atom is -0.453 e. The van der Waals surface area contributed by atoms with Gasteiger partial charge in [-0.15, -0.1) is 11.3 Å². The van der Waals surface area contributed by atoms with Gasteiger partial charge in [-0.25, -0.2) is 0 Å². The van der Waals surface area contributed by atoms with Crippen molar-refractivity contribution in [3.63, 3.8) is 0 Å². The quantitative estimate of drug-likeness (QED) is 0.448. The highest BCUT2D eigenvalue weighted by Gasteiger charge is 2.23. The summed E-state index contributed by atoms with van der Waals surface area (Å²) in [4.78, 5) is 37.5. The topological polar surface area (TPSA) is 72.5 Å². The lowest BCUT2D eigenvalue weighted by Crippen LogP contribution is -2.33. The number of ether oxygens (including phenoxy) is 1. The normalized spacial score (nSPS) is 13.7. The van der Waals surface area contributed by atoms with Gasteiger partial charge in [0.05, 0.1) is 5.02 Å². The summed E-state index contributed by atoms with van der Waals surface area (Å²) in [6, 6.07) is 13.1. The van der Waals surface area contributed by atoms with E-state index in [9.17, 15) is 14.4 Å². The number of thiophene rings is 1. The number of ketones is 1. The molecule has 1 aliphatic carbocycles. The molecule has 7 heteroatoms. The van der Waals surface area contributed by atoms with Gasteiger partial charge in [-0.1, -0.05) is 41.9 Å². The molecule has 0 aliphatic heterocycles. The highest BCUT2D eigenvalue weighted by Crippen LogP contribution is 2.34. The summed E-state index contributed by atoms with van der Waals surface area (Å²) >= 11 is 7.55. The number of rotatable bonds is 6. The summed E-state index contributed by atoms with van der Waals surface area (Å²) in [6.45, 7) is 1.20. The molecule has 1 aliphatic rings. The number of carbonyl (C=O) groups is 3. The number of fused-ring (bicyclic) bond motifs is 2. The fourth-order valence-electron chi connectivity index (χ4n) is 3.64. The Morgan fingerprint density at radius 2 is 1.90 bits per heavy atom. The van der Waals surface area contributed by atoms with Gasteiger partial charge in [-0.05, 0) is 49.4 Å². The van der Waals surface area contributed by atoms with Gasteiger partial charge in [0.1, 0.15) is 11.4 Å². The summed E-state index contributed by atoms with van der Waals surface area (Å²) in [5.41, 5.74) is 3.00. The van der Waals surface area contributed by atoms with Gasteiger partial charge in [0.25, 0.3) is 5.91 Å². The van der Waals surface area contributed by atoms with Gasteiger partial charge in [0.2, 0.25) is 5.78 Å². The first kappa shape index (κ1) is 20.6. The molecule has 5 nitrogen and oxygen atoms in total. The number of hydrogen-bond donors (Lipinski definition) is 1. The van der Waals surface area contributed by atoms with Gasteiger partial charge < -0.3 is 10.1 Å². The van der Waals surface area contributed by atoms with Crippen molar-refractivity contribution in [2.45, 2.75) is 32.3 Å². The Balaban J connectivity index is 1.34. The number of halogens is 1. The van der Waals surface area contributed by atoms with Crippen molar-refractivity contribution in [3.8, 4) is 0 Å². The Morgan fingerprint density at radius 3 is 2.70 bits per heavy atom. The Labute approximate surface area is 183 Å². The molecule has 0 spiro atoms. The number of carbonyl (C=O) groups excluding carboxylic acids is 3. The van der Waals surface area contributed by atoms with Crippen molar-refractivity contribution in [1.82, 2.24) is 5.32 Å². The molecule has 30 heavy (non-hydrogen) atoms. The molecule has 1 N–H and O–H groups in total. The molecule has 1 atom stereocenters. The third-order valence-electron chi connectivity index (χ3n) is 5.19. The van der Waals surface area contributed by atoms with Crippen molar-refractivity contribution < 1.29 is 19.1 Å². The van der Waals surface area contributed by atoms with E-state index in [-0.39, 0.29) is 12.3 Å². The fourth-order valence-corrected chi connectivity index (χ4v) is 5.08. The number of aryl methyl sites for hydroxylation is 2. The largest absolute Gasteiger partial charge is 0.453 e. The average molecular weight is 442 g/mol. The highest BCUT2D eigenvalue weighted by molar-refractivity contribution is 7.21. The van der Waals surface area contributed by atoms with Crippen LogP contribution in [0.25, 0.3) is 10.1 Å². The van der Waals surface area contributed by atoms with E-state index >= 15 is 0 Å². The van der Waals surface area contributed by atoms with Crippen molar-refractivity contribution in [3.05, 3.63) is 69.1 Å². The first-order chi connectivity index (χ1) is 14.4. The molecular formula is C23H20ClNO4S. The van der Waals surface area contributed by atoms with Crippen LogP contribution >= 0.6 is 22.9 Å². The number of benzene rings is 2. The van der Waals surface area contributed by atoms with Crippen LogP contribution in [0.2, 0.25) is 5.02 Å². The molecule has 3 aromatic rings. The number of Topliss-reactive ketones (excluding diaryl/α,β-unsaturated/α-hetero) is 1. The molecule has 154 valence electrons. The predicted octanol–water partition coefficient (Wildman–Crippen LogP) is 4.59. The average Bonchev–Trinajstić information content (AvgIpc) is 3.35. The van der Waals surface area contributed by atoms with Crippen LogP contribution in [0.5, 0.6) is 0 Å². The van der Waals surface area contributed by atoms with Crippen LogP contribution in [-0.2, 0) is 22.4 Å².